The van der Waals surface area contributed by atoms with Gasteiger partial charge in [-0.2, -0.15) is 8.42 Å². The summed E-state index contributed by atoms with van der Waals surface area (Å²) in [4.78, 5) is 107. The SMILES string of the molecule is CC[C@]1(O)C[C@@H]2CN(CCc3c([nH]c4ccccc34)[C@@](C(=O)OC)(c3cc4c(cc3OC)N(C)[C@@H]3C45CCN4CC=C[C@](CC)([C@H]45)[C@@H](OC(C)=O)[C@]3(O)C(=O)OC)C2)C1.CC[C@]12C=CCN3CCC4(c5cc([C@@]6(C(=O)OC)C[C@@H](COS(=O)(=O)c7ccc(C)cc7)C[C@](C)(O)CN(C)CCc7c6[nH]c6ccccc76)c(OC)cc5N(C)[C@H]4[C@@](O)(C(=O)OC)[C@@H]1OC(C)=O)[C@@H]32. The number of para-hydroxylation sites is 2. The summed E-state index contributed by atoms with van der Waals surface area (Å²) in [6, 6.07) is 27.4. The maximum Gasteiger partial charge on any atom is 0.344 e. The van der Waals surface area contributed by atoms with E-state index in [0.29, 0.717) is 138 Å². The van der Waals surface area contributed by atoms with Gasteiger partial charge in [0.05, 0.1) is 77.4 Å². The summed E-state index contributed by atoms with van der Waals surface area (Å²) in [5.41, 5.74) is -4.65. The number of carbonyl (C=O) groups excluding carboxylic acids is 6. The quantitative estimate of drug-likeness (QED) is 0.0214. The first-order valence-electron chi connectivity index (χ1n) is 45.3. The van der Waals surface area contributed by atoms with Crippen LogP contribution in [0.15, 0.2) is 126 Å². The van der Waals surface area contributed by atoms with E-state index in [-0.39, 0.29) is 42.0 Å². The summed E-state index contributed by atoms with van der Waals surface area (Å²) in [7, 11) is 9.59. The molecule has 29 nitrogen and oxygen atoms in total. The van der Waals surface area contributed by atoms with Crippen molar-refractivity contribution in [3.8, 4) is 11.5 Å². The van der Waals surface area contributed by atoms with Crippen molar-refractivity contribution >= 4 is 79.1 Å². The normalized spacial score (nSPS) is 34.3. The number of aromatic amines is 2. The van der Waals surface area contributed by atoms with E-state index in [1.807, 2.05) is 129 Å². The first kappa shape index (κ1) is 91.2. The molecule has 0 amide bonds. The molecule has 2 aliphatic carbocycles. The van der Waals surface area contributed by atoms with Crippen molar-refractivity contribution in [2.75, 3.05) is 139 Å². The van der Waals surface area contributed by atoms with Crippen molar-refractivity contribution < 1.29 is 99.7 Å². The minimum absolute atomic E-state index is 0.0170. The van der Waals surface area contributed by atoms with Crippen molar-refractivity contribution in [2.45, 2.75) is 204 Å². The average molecular weight is 1790 g/mol. The van der Waals surface area contributed by atoms with E-state index in [9.17, 15) is 48.0 Å². The molecule has 2 bridgehead atoms. The van der Waals surface area contributed by atoms with Crippen molar-refractivity contribution in [3.05, 3.63) is 172 Å². The monoisotopic (exact) mass is 1790 g/mol. The maximum absolute atomic E-state index is 15.8. The number of nitrogens with zero attached hydrogens (tertiary/aromatic N) is 6. The number of aromatic nitrogens is 2. The topological polar surface area (TPSA) is 352 Å². The van der Waals surface area contributed by atoms with Gasteiger partial charge < -0.3 is 83.0 Å². The minimum atomic E-state index is -4.33. The molecule has 3 unspecified atom stereocenters. The van der Waals surface area contributed by atoms with E-state index in [0.717, 1.165) is 61.0 Å². The van der Waals surface area contributed by atoms with Crippen LogP contribution in [0.25, 0.3) is 21.8 Å². The number of aryl methyl sites for hydroxylation is 1. The lowest BCUT2D eigenvalue weighted by atomic mass is 9.47. The number of fused-ring (bicyclic) bond motifs is 10. The van der Waals surface area contributed by atoms with Crippen LogP contribution in [0.2, 0.25) is 0 Å². The highest BCUT2D eigenvalue weighted by Gasteiger charge is 2.83. The Morgan fingerprint density at radius 1 is 0.527 bits per heavy atom. The van der Waals surface area contributed by atoms with Gasteiger partial charge in [0.25, 0.3) is 10.1 Å². The van der Waals surface area contributed by atoms with Gasteiger partial charge in [-0.15, -0.1) is 0 Å². The van der Waals surface area contributed by atoms with Crippen LogP contribution in [-0.2, 0) is 106 Å². The number of piperidine rings is 1. The molecule has 18 rings (SSSR count). The molecule has 5 aromatic carbocycles. The van der Waals surface area contributed by atoms with Crippen LogP contribution in [0.5, 0.6) is 11.5 Å². The summed E-state index contributed by atoms with van der Waals surface area (Å²) < 4.78 is 81.9. The minimum Gasteiger partial charge on any atom is -0.496 e. The third-order valence-corrected chi connectivity index (χ3v) is 33.3. The average Bonchev–Trinajstić information content (AvgIpc) is 1.50. The third kappa shape index (κ3) is 13.4. The second-order valence-corrected chi connectivity index (χ2v) is 40.5. The molecule has 2 spiro atoms. The van der Waals surface area contributed by atoms with Crippen LogP contribution in [-0.4, -0.2) is 282 Å². The molecule has 0 radical (unpaired) electrons. The summed E-state index contributed by atoms with van der Waals surface area (Å²) in [6.07, 6.45) is 9.78. The number of H-pyrrole nitrogens is 2. The molecule has 11 heterocycles. The van der Waals surface area contributed by atoms with Gasteiger partial charge in [-0.25, -0.2) is 9.59 Å². The number of esters is 6. The van der Waals surface area contributed by atoms with Gasteiger partial charge in [0.2, 0.25) is 11.2 Å². The largest absolute Gasteiger partial charge is 0.496 e. The molecule has 11 aliphatic rings. The van der Waals surface area contributed by atoms with Gasteiger partial charge in [0, 0.05) is 175 Å². The maximum atomic E-state index is 15.8. The van der Waals surface area contributed by atoms with Crippen molar-refractivity contribution in [2.24, 2.45) is 22.7 Å². The van der Waals surface area contributed by atoms with Gasteiger partial charge in [0.15, 0.2) is 12.2 Å². The Bertz CT molecular complexity index is 5810. The summed E-state index contributed by atoms with van der Waals surface area (Å²) in [5, 5.41) is 53.0. The Labute approximate surface area is 753 Å². The van der Waals surface area contributed by atoms with Crippen LogP contribution in [0.3, 0.4) is 0 Å². The number of rotatable bonds is 17. The molecule has 19 atom stereocenters. The highest BCUT2D eigenvalue weighted by Crippen LogP contribution is 2.71. The van der Waals surface area contributed by atoms with E-state index >= 15 is 9.59 Å². The lowest BCUT2D eigenvalue weighted by Crippen LogP contribution is -2.81. The van der Waals surface area contributed by atoms with Gasteiger partial charge in [0.1, 0.15) is 22.3 Å². The van der Waals surface area contributed by atoms with E-state index in [1.54, 1.807) is 33.2 Å². The fraction of sp³-hybridized carbons (Fsp3) is 0.556. The van der Waals surface area contributed by atoms with E-state index in [4.69, 9.17) is 42.1 Å². The number of aliphatic hydroxyl groups is 4. The first-order chi connectivity index (χ1) is 61.4. The smallest absolute Gasteiger partial charge is 0.344 e. The molecule has 30 heteroatoms. The fourth-order valence-electron chi connectivity index (χ4n) is 27.5. The molecule has 692 valence electrons. The number of benzene rings is 5. The molecule has 3 saturated heterocycles. The number of hydrogen-bond acceptors (Lipinski definition) is 27. The zero-order valence-corrected chi connectivity index (χ0v) is 77.7. The number of methoxy groups -OCH3 is 6. The fourth-order valence-corrected chi connectivity index (χ4v) is 28.4. The van der Waals surface area contributed by atoms with Gasteiger partial charge >= 0.3 is 35.8 Å². The second kappa shape index (κ2) is 32.9. The number of anilines is 2. The van der Waals surface area contributed by atoms with Crippen molar-refractivity contribution in [1.82, 2.24) is 29.6 Å². The molecular weight excluding hydrogens is 1670 g/mol. The van der Waals surface area contributed by atoms with E-state index in [1.165, 1.54) is 61.5 Å². The number of hydrogen-bond donors (Lipinski definition) is 6. The van der Waals surface area contributed by atoms with Crippen LogP contribution < -0.4 is 19.3 Å². The lowest BCUT2D eigenvalue weighted by molar-refractivity contribution is -0.229. The molecule has 5 fully saturated rings. The second-order valence-electron chi connectivity index (χ2n) is 38.9. The Balaban J connectivity index is 0.000000184. The standard InChI is InChI=1S/C53H66N4O12S.C46H58N4O9/c1-10-50-21-13-23-57-25-22-51(44(50)57)38-26-39(42(65-7)27-41(38)56(6)45(51)53(62,48(60)67-9)46(50)69-33(3)58)52(47(59)66-8)29-34(30-68-70(63,64)35-18-16-32(2)17-19-35)28-49(4,61)31-55(5)24-20-37-36-14-11-12-15-40(36)54-43(37)52;1-8-42(54)23-28-24-45(40(52)57-6,36-30(15-19-49(25-28)26-42)29-13-10-11-14-33(29)47-36)32-21-31-34(22-35(32)56-5)48(4)38-44(31)17-20-50-18-12-16-43(9-2,37(44)50)39(59-27(3)51)46(38,55)41(53)58-7/h11-19,21,26-27,34,44-46,54,61-62H,10,20,22-25,28-31H2,1-9H3;10-14,16,21-22,28,37-39,47,54-55H,8-9,15,17-20,23-26H2,1-7H3/t34-,44-,45+,46+,49-,50+,51?,52-,53-;28-,37-,38+,39+,42-,43+,44?,45-,46-/m00/s1. The van der Waals surface area contributed by atoms with Crippen LogP contribution >= 0.6 is 0 Å². The Hall–Kier alpha value is -9.73. The van der Waals surface area contributed by atoms with Crippen molar-refractivity contribution in [1.29, 1.82) is 0 Å². The lowest BCUT2D eigenvalue weighted by Gasteiger charge is -2.63. The molecule has 2 saturated carbocycles. The van der Waals surface area contributed by atoms with E-state index < -0.39 is 144 Å². The highest BCUT2D eigenvalue weighted by molar-refractivity contribution is 7.86. The summed E-state index contributed by atoms with van der Waals surface area (Å²) in [5.74, 6) is -4.38. The van der Waals surface area contributed by atoms with Gasteiger partial charge in [-0.1, -0.05) is 99.2 Å². The van der Waals surface area contributed by atoms with Crippen molar-refractivity contribution in [3.63, 3.8) is 0 Å². The molecule has 7 aromatic rings. The van der Waals surface area contributed by atoms with Crippen LogP contribution in [0.1, 0.15) is 150 Å². The van der Waals surface area contributed by atoms with Gasteiger partial charge in [-0.05, 0) is 175 Å². The number of carbonyl (C=O) groups is 6. The van der Waals surface area contributed by atoms with Crippen LogP contribution in [0.4, 0.5) is 11.4 Å². The number of nitrogens with one attached hydrogen (secondary N) is 2. The highest BCUT2D eigenvalue weighted by atomic mass is 32.2. The number of β-amino-alcohol motifs (C(OH)–C–C–N with tert-alkyl or cyclic N) is 1. The zero-order chi connectivity index (χ0) is 92.2. The molecule has 2 aromatic heterocycles. The Morgan fingerprint density at radius 2 is 0.984 bits per heavy atom. The zero-order valence-electron chi connectivity index (χ0n) is 76.8. The molecule has 9 aliphatic heterocycles. The van der Waals surface area contributed by atoms with Gasteiger partial charge in [-0.3, -0.25) is 38.1 Å². The third-order valence-electron chi connectivity index (χ3n) is 32.0. The molecule has 129 heavy (non-hydrogen) atoms. The van der Waals surface area contributed by atoms with Crippen LogP contribution in [0, 0.1) is 29.6 Å². The summed E-state index contributed by atoms with van der Waals surface area (Å²) >= 11 is 0. The Morgan fingerprint density at radius 3 is 1.43 bits per heavy atom. The predicted octanol–water partition coefficient (Wildman–Crippen LogP) is 8.92. The molecule has 6 N–H and O–H groups in total. The number of ether oxygens (including phenoxy) is 8. The summed E-state index contributed by atoms with van der Waals surface area (Å²) in [6.45, 7) is 16.9. The van der Waals surface area contributed by atoms with E-state index in [2.05, 4.69) is 49.0 Å². The number of likely N-dealkylation sites (N-methyl/N-ethyl adjacent to an activating group) is 3. The first-order valence-corrected chi connectivity index (χ1v) is 46.7. The molecular formula is C99H124N8O21S. The predicted molar refractivity (Wildman–Crippen MR) is 482 cm³/mol. The Kier molecular flexibility index (Phi) is 23.3.